The highest BCUT2D eigenvalue weighted by atomic mass is 15.1. The number of fused-ring (bicyclic) bond motifs is 8. The molecular weight excluding hydrogens is 621 g/mol. The van der Waals surface area contributed by atoms with Gasteiger partial charge in [-0.05, 0) is 53.7 Å². The lowest BCUT2D eigenvalue weighted by Crippen LogP contribution is -2.10. The van der Waals surface area contributed by atoms with Crippen molar-refractivity contribution in [1.29, 1.82) is 0 Å². The van der Waals surface area contributed by atoms with Crippen LogP contribution in [0.4, 0.5) is 17.1 Å². The van der Waals surface area contributed by atoms with E-state index < -0.39 is 275 Å². The molecule has 0 aliphatic carbocycles. The van der Waals surface area contributed by atoms with Crippen LogP contribution in [-0.2, 0) is 0 Å². The molecule has 4 heteroatoms. The standard InChI is InChI=1S/C47H30N4/c1-4-14-31(15-5-1)45-39-30-42(51(34-17-6-2-7-18-34)35-19-8-3-9-20-35)36-21-10-11-22-37(36)43(39)44-38(23-12-24-41(44)50-45)40-28-27-33-26-25-32-16-13-29-48-46(32)47(33)49-40/h1-30H/i1D,2D,3D,4D,5D,6D,7D,8D,9D,10D,11D,12D,13D,14D,15D,16D,17D,18D,19D,20D,21D,22D,23D,24D,25D,26D,27D,28D,29D,30D. The van der Waals surface area contributed by atoms with Gasteiger partial charge in [0.2, 0.25) is 0 Å². The van der Waals surface area contributed by atoms with Crippen LogP contribution in [0.5, 0.6) is 0 Å². The molecule has 0 fully saturated rings. The van der Waals surface area contributed by atoms with E-state index in [1.165, 1.54) is 0 Å². The zero-order chi connectivity index (χ0) is 59.8. The van der Waals surface area contributed by atoms with Crippen LogP contribution >= 0.6 is 0 Å². The molecule has 0 bridgehead atoms. The summed E-state index contributed by atoms with van der Waals surface area (Å²) < 4.78 is 271. The minimum Gasteiger partial charge on any atom is -0.310 e. The van der Waals surface area contributed by atoms with Gasteiger partial charge < -0.3 is 4.90 Å². The topological polar surface area (TPSA) is 41.9 Å². The lowest BCUT2D eigenvalue weighted by Gasteiger charge is -2.28. The highest BCUT2D eigenvalue weighted by molar-refractivity contribution is 6.28. The molecule has 7 aromatic carbocycles. The molecule has 0 saturated heterocycles. The highest BCUT2D eigenvalue weighted by Gasteiger charge is 2.22. The Morgan fingerprint density at radius 1 is 0.471 bits per heavy atom. The predicted molar refractivity (Wildman–Crippen MR) is 213 cm³/mol. The maximum absolute atomic E-state index is 10.5. The fourth-order valence-electron chi connectivity index (χ4n) is 5.74. The first-order valence-corrected chi connectivity index (χ1v) is 14.8. The van der Waals surface area contributed by atoms with Crippen molar-refractivity contribution >= 4 is 71.3 Å². The molecule has 0 amide bonds. The number of benzene rings is 7. The van der Waals surface area contributed by atoms with Crippen molar-refractivity contribution in [2.24, 2.45) is 0 Å². The van der Waals surface area contributed by atoms with Gasteiger partial charge in [0.05, 0.1) is 74.7 Å². The van der Waals surface area contributed by atoms with Gasteiger partial charge >= 0.3 is 0 Å². The summed E-state index contributed by atoms with van der Waals surface area (Å²) in [6, 6.07) is -30.1. The van der Waals surface area contributed by atoms with E-state index in [9.17, 15) is 19.2 Å². The third-order valence-electron chi connectivity index (χ3n) is 7.80. The summed E-state index contributed by atoms with van der Waals surface area (Å²) in [5.41, 5.74) is -8.65. The van der Waals surface area contributed by atoms with Gasteiger partial charge in [0, 0.05) is 61.0 Å². The Morgan fingerprint density at radius 3 is 1.86 bits per heavy atom. The fourth-order valence-corrected chi connectivity index (χ4v) is 5.74. The second-order valence-corrected chi connectivity index (χ2v) is 10.6. The minimum absolute atomic E-state index is 0.403. The molecule has 51 heavy (non-hydrogen) atoms. The summed E-state index contributed by atoms with van der Waals surface area (Å²) in [6.07, 6.45) is -0.828. The van der Waals surface area contributed by atoms with E-state index in [0.29, 0.717) is 4.90 Å². The second-order valence-electron chi connectivity index (χ2n) is 10.6. The Bertz CT molecular complexity index is 4510. The van der Waals surface area contributed by atoms with Gasteiger partial charge in [-0.15, -0.1) is 0 Å². The number of hydrogen-bond donors (Lipinski definition) is 0. The van der Waals surface area contributed by atoms with Crippen LogP contribution in [0.2, 0.25) is 0 Å². The fraction of sp³-hybridized carbons (Fsp3) is 0. The van der Waals surface area contributed by atoms with Gasteiger partial charge in [-0.3, -0.25) is 4.98 Å². The van der Waals surface area contributed by atoms with E-state index in [4.69, 9.17) is 21.9 Å². The molecule has 0 aliphatic rings. The molecule has 0 spiro atoms. The summed E-state index contributed by atoms with van der Waals surface area (Å²) in [5.74, 6) is 0. The number of rotatable bonds is 5. The van der Waals surface area contributed by atoms with Gasteiger partial charge in [-0.25, -0.2) is 9.97 Å². The first kappa shape index (κ1) is 11.9. The maximum atomic E-state index is 10.5. The number of para-hydroxylation sites is 2. The van der Waals surface area contributed by atoms with Crippen LogP contribution < -0.4 is 4.90 Å². The van der Waals surface area contributed by atoms with Gasteiger partial charge in [-0.2, -0.15) is 0 Å². The Balaban J connectivity index is 1.61. The summed E-state index contributed by atoms with van der Waals surface area (Å²) in [6.45, 7) is 0. The molecule has 10 aromatic rings. The summed E-state index contributed by atoms with van der Waals surface area (Å²) in [5, 5.41) is -5.31. The Labute approximate surface area is 337 Å². The molecule has 0 N–H and O–H groups in total. The average molecular weight is 681 g/mol. The third kappa shape index (κ3) is 4.80. The maximum Gasteiger partial charge on any atom is 0.0972 e. The molecule has 3 heterocycles. The van der Waals surface area contributed by atoms with Crippen molar-refractivity contribution in [3.63, 3.8) is 0 Å². The molecule has 0 radical (unpaired) electrons. The summed E-state index contributed by atoms with van der Waals surface area (Å²) in [7, 11) is 0. The van der Waals surface area contributed by atoms with Crippen LogP contribution in [0, 0.1) is 0 Å². The highest BCUT2D eigenvalue weighted by Crippen LogP contribution is 2.47. The van der Waals surface area contributed by atoms with Crippen molar-refractivity contribution < 1.29 is 41.1 Å². The second kappa shape index (κ2) is 11.9. The smallest absolute Gasteiger partial charge is 0.0972 e. The zero-order valence-electron chi connectivity index (χ0n) is 55.3. The van der Waals surface area contributed by atoms with Crippen LogP contribution in [-0.4, -0.2) is 15.0 Å². The van der Waals surface area contributed by atoms with E-state index in [0.717, 1.165) is 0 Å². The number of aromatic nitrogens is 3. The molecule has 0 aliphatic heterocycles. The van der Waals surface area contributed by atoms with Crippen molar-refractivity contribution in [3.8, 4) is 22.5 Å². The number of anilines is 3. The monoisotopic (exact) mass is 680 g/mol. The summed E-state index contributed by atoms with van der Waals surface area (Å²) in [4.78, 5) is 13.6. The lowest BCUT2D eigenvalue weighted by molar-refractivity contribution is 1.30. The van der Waals surface area contributed by atoms with Crippen molar-refractivity contribution in [2.45, 2.75) is 0 Å². The first-order chi connectivity index (χ1) is 37.8. The Kier molecular flexibility index (Phi) is 2.77. The largest absolute Gasteiger partial charge is 0.310 e. The molecule has 10 rings (SSSR count). The van der Waals surface area contributed by atoms with Crippen LogP contribution in [0.15, 0.2) is 181 Å². The lowest BCUT2D eigenvalue weighted by atomic mass is 9.91. The molecule has 4 nitrogen and oxygen atoms in total. The van der Waals surface area contributed by atoms with E-state index in [1.54, 1.807) is 0 Å². The Morgan fingerprint density at radius 2 is 1.12 bits per heavy atom. The van der Waals surface area contributed by atoms with Crippen molar-refractivity contribution in [3.05, 3.63) is 181 Å². The van der Waals surface area contributed by atoms with Gasteiger partial charge in [-0.1, -0.05) is 127 Å². The molecule has 0 unspecified atom stereocenters. The van der Waals surface area contributed by atoms with Crippen molar-refractivity contribution in [2.75, 3.05) is 4.90 Å². The van der Waals surface area contributed by atoms with Gasteiger partial charge in [0.25, 0.3) is 0 Å². The first-order valence-electron chi connectivity index (χ1n) is 29.8. The van der Waals surface area contributed by atoms with Crippen LogP contribution in [0.3, 0.4) is 0 Å². The van der Waals surface area contributed by atoms with Gasteiger partial charge in [0.15, 0.2) is 0 Å². The van der Waals surface area contributed by atoms with E-state index in [1.807, 2.05) is 0 Å². The quantitative estimate of drug-likeness (QED) is 0.170. The number of pyridine rings is 3. The zero-order valence-corrected chi connectivity index (χ0v) is 25.3. The molecule has 238 valence electrons. The minimum atomic E-state index is -1.23. The van der Waals surface area contributed by atoms with Crippen LogP contribution in [0.1, 0.15) is 41.1 Å². The van der Waals surface area contributed by atoms with Crippen LogP contribution in [0.25, 0.3) is 76.8 Å². The number of hydrogen-bond acceptors (Lipinski definition) is 4. The molecular formula is C47H30N4. The van der Waals surface area contributed by atoms with Crippen molar-refractivity contribution in [1.82, 2.24) is 15.0 Å². The predicted octanol–water partition coefficient (Wildman–Crippen LogP) is 12.4. The third-order valence-corrected chi connectivity index (χ3v) is 7.80. The SMILES string of the molecule is [2H]c1nc2c(c([2H])c1[2H])c([2H])c([2H])c1c([2H])c([2H])c(-c3c([2H])c([2H])c([2H])c4nc(-c5c([2H])c([2H])c([2H])c([2H])c5[2H])c5c([2H])c(N(c6c([2H])c([2H])c([2H])c([2H])c6[2H])c6c([2H])c([2H])c([2H])c([2H])c6[2H])c6c([2H])c([2H])c([2H])c([2H])c6c5c34)nc12. The van der Waals surface area contributed by atoms with E-state index in [2.05, 4.69) is 15.0 Å². The summed E-state index contributed by atoms with van der Waals surface area (Å²) >= 11 is 0. The van der Waals surface area contributed by atoms with Gasteiger partial charge in [0.1, 0.15) is 0 Å². The molecule has 3 aromatic heterocycles. The van der Waals surface area contributed by atoms with E-state index >= 15 is 0 Å². The normalized spacial score (nSPS) is 19.8. The Hall–Kier alpha value is -6.91. The van der Waals surface area contributed by atoms with E-state index in [-0.39, 0.29) is 0 Å². The molecule has 0 saturated carbocycles. The number of nitrogens with zero attached hydrogens (tertiary/aromatic N) is 4. The molecule has 0 atom stereocenters. The average Bonchev–Trinajstić information content (AvgIpc) is 3.02.